The molecule has 33 heavy (non-hydrogen) atoms. The molecule has 2 aliphatic heterocycles. The van der Waals surface area contributed by atoms with Crippen molar-refractivity contribution in [1.29, 1.82) is 0 Å². The zero-order valence-electron chi connectivity index (χ0n) is 19.4. The van der Waals surface area contributed by atoms with E-state index in [1.807, 2.05) is 35.2 Å². The summed E-state index contributed by atoms with van der Waals surface area (Å²) < 4.78 is 0. The van der Waals surface area contributed by atoms with Crippen molar-refractivity contribution in [1.82, 2.24) is 15.1 Å². The monoisotopic (exact) mass is 469 g/mol. The largest absolute Gasteiger partial charge is 0.342 e. The van der Waals surface area contributed by atoms with Crippen molar-refractivity contribution >= 4 is 39.9 Å². The van der Waals surface area contributed by atoms with Crippen LogP contribution in [0, 0.1) is 11.8 Å². The second-order valence-electron chi connectivity index (χ2n) is 9.48. The molecule has 9 heteroatoms. The quantitative estimate of drug-likeness (QED) is 0.699. The molecule has 1 aromatic heterocycles. The number of piperidine rings is 1. The second-order valence-corrected chi connectivity index (χ2v) is 10.5. The molecule has 1 aromatic carbocycles. The van der Waals surface area contributed by atoms with E-state index >= 15 is 0 Å². The predicted octanol–water partition coefficient (Wildman–Crippen LogP) is 3.46. The number of hydrogen-bond donors (Lipinski definition) is 1. The molecule has 2 aromatic rings. The van der Waals surface area contributed by atoms with Crippen LogP contribution in [0.5, 0.6) is 0 Å². The van der Waals surface area contributed by atoms with Gasteiger partial charge >= 0.3 is 0 Å². The third kappa shape index (κ3) is 5.08. The number of aromatic nitrogens is 2. The van der Waals surface area contributed by atoms with Gasteiger partial charge in [-0.25, -0.2) is 0 Å². The Morgan fingerprint density at radius 3 is 2.48 bits per heavy atom. The third-order valence-corrected chi connectivity index (χ3v) is 8.04. The molecule has 0 aliphatic carbocycles. The number of carbonyl (C=O) groups is 3. The summed E-state index contributed by atoms with van der Waals surface area (Å²) in [6, 6.07) is 9.46. The van der Waals surface area contributed by atoms with Gasteiger partial charge in [-0.2, -0.15) is 0 Å². The molecular weight excluding hydrogens is 438 g/mol. The summed E-state index contributed by atoms with van der Waals surface area (Å²) in [6.07, 6.45) is 2.39. The molecule has 0 bridgehead atoms. The molecule has 0 saturated carbocycles. The Balaban J connectivity index is 1.28. The van der Waals surface area contributed by atoms with Gasteiger partial charge in [0.05, 0.1) is 5.92 Å². The molecule has 176 valence electrons. The number of hydrogen-bond acceptors (Lipinski definition) is 6. The number of rotatable bonds is 6. The first kappa shape index (κ1) is 23.4. The lowest BCUT2D eigenvalue weighted by atomic mass is 9.91. The number of likely N-dealkylation sites (tertiary alicyclic amines) is 1. The van der Waals surface area contributed by atoms with Gasteiger partial charge in [0, 0.05) is 43.1 Å². The van der Waals surface area contributed by atoms with Gasteiger partial charge in [-0.05, 0) is 31.4 Å². The highest BCUT2D eigenvalue weighted by Crippen LogP contribution is 2.32. The van der Waals surface area contributed by atoms with E-state index in [4.69, 9.17) is 0 Å². The average Bonchev–Trinajstić information content (AvgIpc) is 3.46. The van der Waals surface area contributed by atoms with Gasteiger partial charge in [-0.1, -0.05) is 50.3 Å². The maximum atomic E-state index is 13.0. The van der Waals surface area contributed by atoms with Gasteiger partial charge < -0.3 is 15.1 Å². The Kier molecular flexibility index (Phi) is 6.78. The van der Waals surface area contributed by atoms with Crippen LogP contribution in [0.4, 0.5) is 10.8 Å². The second kappa shape index (κ2) is 9.59. The van der Waals surface area contributed by atoms with Crippen LogP contribution in [0.15, 0.2) is 30.3 Å². The lowest BCUT2D eigenvalue weighted by molar-refractivity contribution is -0.138. The van der Waals surface area contributed by atoms with E-state index in [0.29, 0.717) is 37.6 Å². The van der Waals surface area contributed by atoms with Crippen LogP contribution in [0.3, 0.4) is 0 Å². The van der Waals surface area contributed by atoms with Crippen molar-refractivity contribution < 1.29 is 14.4 Å². The Labute approximate surface area is 198 Å². The Morgan fingerprint density at radius 2 is 1.82 bits per heavy atom. The number of anilines is 2. The van der Waals surface area contributed by atoms with Gasteiger partial charge in [0.15, 0.2) is 0 Å². The number of benzene rings is 1. The highest BCUT2D eigenvalue weighted by atomic mass is 32.1. The number of amides is 3. The van der Waals surface area contributed by atoms with Crippen LogP contribution >= 0.6 is 11.3 Å². The maximum absolute atomic E-state index is 13.0. The van der Waals surface area contributed by atoms with E-state index in [2.05, 4.69) is 36.3 Å². The van der Waals surface area contributed by atoms with Crippen LogP contribution < -0.4 is 10.2 Å². The summed E-state index contributed by atoms with van der Waals surface area (Å²) >= 11 is 1.42. The van der Waals surface area contributed by atoms with Crippen molar-refractivity contribution in [3.63, 3.8) is 0 Å². The van der Waals surface area contributed by atoms with Crippen LogP contribution in [-0.2, 0) is 19.8 Å². The van der Waals surface area contributed by atoms with E-state index in [0.717, 1.165) is 17.1 Å². The van der Waals surface area contributed by atoms with E-state index < -0.39 is 0 Å². The molecule has 2 aliphatic rings. The lowest BCUT2D eigenvalue weighted by Crippen LogP contribution is -2.44. The van der Waals surface area contributed by atoms with Gasteiger partial charge in [-0.15, -0.1) is 10.2 Å². The third-order valence-electron chi connectivity index (χ3n) is 6.84. The van der Waals surface area contributed by atoms with Crippen molar-refractivity contribution in [2.75, 3.05) is 29.9 Å². The summed E-state index contributed by atoms with van der Waals surface area (Å²) in [4.78, 5) is 41.8. The fourth-order valence-electron chi connectivity index (χ4n) is 4.26. The van der Waals surface area contributed by atoms with Crippen molar-refractivity contribution in [2.24, 2.45) is 11.8 Å². The first-order chi connectivity index (χ1) is 15.8. The van der Waals surface area contributed by atoms with Crippen molar-refractivity contribution in [3.05, 3.63) is 35.3 Å². The SMILES string of the molecule is CCC(C)(C)c1nnc(NC(=O)C2CCN(C(=O)C3CC(=O)N(c4ccccc4)C3)CC2)s1. The molecule has 2 saturated heterocycles. The lowest BCUT2D eigenvalue weighted by Gasteiger charge is -2.32. The highest BCUT2D eigenvalue weighted by Gasteiger charge is 2.38. The summed E-state index contributed by atoms with van der Waals surface area (Å²) in [5, 5.41) is 12.7. The van der Waals surface area contributed by atoms with Gasteiger partial charge in [0.2, 0.25) is 22.9 Å². The topological polar surface area (TPSA) is 95.5 Å². The number of nitrogens with zero attached hydrogens (tertiary/aromatic N) is 4. The van der Waals surface area contributed by atoms with E-state index in [-0.39, 0.29) is 41.4 Å². The molecule has 2 fully saturated rings. The Morgan fingerprint density at radius 1 is 1.12 bits per heavy atom. The molecule has 4 rings (SSSR count). The minimum Gasteiger partial charge on any atom is -0.342 e. The standard InChI is InChI=1S/C24H31N5O3S/c1-4-24(2,3)22-26-27-23(33-22)25-20(31)16-10-12-28(13-11-16)21(32)17-14-19(30)29(15-17)18-8-6-5-7-9-18/h5-9,16-17H,4,10-15H2,1-3H3,(H,25,27,31). The van der Waals surface area contributed by atoms with Gasteiger partial charge in [0.25, 0.3) is 0 Å². The fraction of sp³-hybridized carbons (Fsp3) is 0.542. The first-order valence-electron chi connectivity index (χ1n) is 11.6. The molecule has 0 radical (unpaired) electrons. The minimum absolute atomic E-state index is 0.0104. The summed E-state index contributed by atoms with van der Waals surface area (Å²) in [7, 11) is 0. The maximum Gasteiger partial charge on any atom is 0.229 e. The first-order valence-corrected chi connectivity index (χ1v) is 12.4. The molecular formula is C24H31N5O3S. The predicted molar refractivity (Wildman–Crippen MR) is 128 cm³/mol. The Hall–Kier alpha value is -2.81. The number of nitrogens with one attached hydrogen (secondary N) is 1. The molecule has 1 N–H and O–H groups in total. The zero-order valence-corrected chi connectivity index (χ0v) is 20.2. The van der Waals surface area contributed by atoms with Crippen LogP contribution in [0.1, 0.15) is 51.5 Å². The summed E-state index contributed by atoms with van der Waals surface area (Å²) in [5.41, 5.74) is 0.764. The molecule has 3 amide bonds. The number of para-hydroxylation sites is 1. The zero-order chi connectivity index (χ0) is 23.6. The van der Waals surface area contributed by atoms with Crippen LogP contribution in [0.25, 0.3) is 0 Å². The fourth-order valence-corrected chi connectivity index (χ4v) is 5.18. The molecule has 3 heterocycles. The van der Waals surface area contributed by atoms with Crippen molar-refractivity contribution in [2.45, 2.75) is 51.9 Å². The molecule has 1 unspecified atom stereocenters. The normalized spacial score (nSPS) is 19.7. The van der Waals surface area contributed by atoms with E-state index in [1.165, 1.54) is 11.3 Å². The van der Waals surface area contributed by atoms with Gasteiger partial charge in [0.1, 0.15) is 5.01 Å². The average molecular weight is 470 g/mol. The van der Waals surface area contributed by atoms with Gasteiger partial charge in [-0.3, -0.25) is 14.4 Å². The van der Waals surface area contributed by atoms with Crippen molar-refractivity contribution in [3.8, 4) is 0 Å². The number of carbonyl (C=O) groups excluding carboxylic acids is 3. The Bertz CT molecular complexity index is 1010. The molecule has 8 nitrogen and oxygen atoms in total. The minimum atomic E-state index is -0.329. The van der Waals surface area contributed by atoms with Crippen LogP contribution in [0.2, 0.25) is 0 Å². The molecule has 1 atom stereocenters. The highest BCUT2D eigenvalue weighted by molar-refractivity contribution is 7.15. The van der Waals surface area contributed by atoms with Crippen LogP contribution in [-0.4, -0.2) is 52.5 Å². The summed E-state index contributed by atoms with van der Waals surface area (Å²) in [6.45, 7) is 7.80. The van der Waals surface area contributed by atoms with E-state index in [9.17, 15) is 14.4 Å². The summed E-state index contributed by atoms with van der Waals surface area (Å²) in [5.74, 6) is -0.561. The molecule has 0 spiro atoms. The van der Waals surface area contributed by atoms with E-state index in [1.54, 1.807) is 4.90 Å². The smallest absolute Gasteiger partial charge is 0.229 e.